The van der Waals surface area contributed by atoms with Gasteiger partial charge < -0.3 is 14.5 Å². The van der Waals surface area contributed by atoms with Gasteiger partial charge in [-0.2, -0.15) is 0 Å². The molecule has 0 saturated carbocycles. The molecule has 1 aromatic rings. The summed E-state index contributed by atoms with van der Waals surface area (Å²) >= 11 is 7.75. The smallest absolute Gasteiger partial charge is 0.192 e. The van der Waals surface area contributed by atoms with Crippen LogP contribution < -0.4 is 4.74 Å². The number of likely N-dealkylation sites (tertiary alicyclic amines) is 1. The standard InChI is InChI=1S/C23H31ClN2O2S/c1-23(2,3)21-16-29-22(26(21)13-12-25-10-6-5-7-11-25)15-19(27)18-14-17(24)8-9-20(18)28-4/h8-9,14-16H,5-7,10-13H2,1-4H3/b22-15-. The highest BCUT2D eigenvalue weighted by Crippen LogP contribution is 2.43. The Morgan fingerprint density at radius 3 is 2.59 bits per heavy atom. The quantitative estimate of drug-likeness (QED) is 0.417. The van der Waals surface area contributed by atoms with Crippen molar-refractivity contribution in [1.82, 2.24) is 9.80 Å². The van der Waals surface area contributed by atoms with E-state index in [4.69, 9.17) is 16.3 Å². The van der Waals surface area contributed by atoms with Crippen molar-refractivity contribution in [3.63, 3.8) is 0 Å². The molecule has 158 valence electrons. The highest BCUT2D eigenvalue weighted by molar-refractivity contribution is 8.06. The Morgan fingerprint density at radius 2 is 1.93 bits per heavy atom. The summed E-state index contributed by atoms with van der Waals surface area (Å²) < 4.78 is 5.37. The third-order valence-electron chi connectivity index (χ3n) is 5.39. The van der Waals surface area contributed by atoms with Crippen LogP contribution >= 0.6 is 23.4 Å². The predicted octanol–water partition coefficient (Wildman–Crippen LogP) is 5.79. The van der Waals surface area contributed by atoms with Crippen molar-refractivity contribution in [2.45, 2.75) is 40.0 Å². The fourth-order valence-corrected chi connectivity index (χ4v) is 5.15. The van der Waals surface area contributed by atoms with E-state index in [0.29, 0.717) is 16.3 Å². The summed E-state index contributed by atoms with van der Waals surface area (Å²) in [4.78, 5) is 17.9. The summed E-state index contributed by atoms with van der Waals surface area (Å²) in [6, 6.07) is 5.15. The maximum atomic E-state index is 13.1. The number of methoxy groups -OCH3 is 1. The third kappa shape index (κ3) is 5.59. The van der Waals surface area contributed by atoms with E-state index in [0.717, 1.165) is 18.1 Å². The van der Waals surface area contributed by atoms with E-state index >= 15 is 0 Å². The molecule has 0 aromatic heterocycles. The average Bonchev–Trinajstić information content (AvgIpc) is 3.10. The van der Waals surface area contributed by atoms with Gasteiger partial charge in [0.05, 0.1) is 17.7 Å². The van der Waals surface area contributed by atoms with E-state index < -0.39 is 0 Å². The van der Waals surface area contributed by atoms with Crippen LogP contribution in [0.15, 0.2) is 40.4 Å². The Balaban J connectivity index is 1.82. The predicted molar refractivity (Wildman–Crippen MR) is 123 cm³/mol. The lowest BCUT2D eigenvalue weighted by Crippen LogP contribution is -2.38. The molecule has 0 radical (unpaired) electrons. The largest absolute Gasteiger partial charge is 0.496 e. The van der Waals surface area contributed by atoms with Crippen LogP contribution in [0.5, 0.6) is 5.75 Å². The second-order valence-corrected chi connectivity index (χ2v) is 9.94. The van der Waals surface area contributed by atoms with Crippen molar-refractivity contribution in [3.8, 4) is 5.75 Å². The van der Waals surface area contributed by atoms with Crippen molar-refractivity contribution in [3.05, 3.63) is 51.0 Å². The number of allylic oxidation sites excluding steroid dienone is 2. The number of nitrogens with zero attached hydrogens (tertiary/aromatic N) is 2. The van der Waals surface area contributed by atoms with Crippen LogP contribution in [0.25, 0.3) is 0 Å². The normalized spacial score (nSPS) is 19.6. The van der Waals surface area contributed by atoms with Crippen molar-refractivity contribution in [1.29, 1.82) is 0 Å². The Bertz CT molecular complexity index is 808. The van der Waals surface area contributed by atoms with Gasteiger partial charge in [0.2, 0.25) is 0 Å². The molecule has 1 saturated heterocycles. The molecular formula is C23H31ClN2O2S. The van der Waals surface area contributed by atoms with Crippen LogP contribution in [0.3, 0.4) is 0 Å². The first-order valence-electron chi connectivity index (χ1n) is 10.3. The van der Waals surface area contributed by atoms with Crippen molar-refractivity contribution < 1.29 is 9.53 Å². The van der Waals surface area contributed by atoms with Crippen LogP contribution in [-0.2, 0) is 0 Å². The van der Waals surface area contributed by atoms with Crippen LogP contribution in [0, 0.1) is 5.41 Å². The van der Waals surface area contributed by atoms with Crippen molar-refractivity contribution >= 4 is 29.1 Å². The molecule has 1 fully saturated rings. The van der Waals surface area contributed by atoms with E-state index in [-0.39, 0.29) is 11.2 Å². The first-order valence-corrected chi connectivity index (χ1v) is 11.5. The van der Waals surface area contributed by atoms with Crippen LogP contribution in [0.1, 0.15) is 50.4 Å². The number of benzene rings is 1. The van der Waals surface area contributed by atoms with E-state index in [1.54, 1.807) is 43.1 Å². The molecule has 2 aliphatic heterocycles. The summed E-state index contributed by atoms with van der Waals surface area (Å²) in [6.07, 6.45) is 5.63. The van der Waals surface area contributed by atoms with Crippen molar-refractivity contribution in [2.75, 3.05) is 33.3 Å². The average molecular weight is 435 g/mol. The summed E-state index contributed by atoms with van der Waals surface area (Å²) in [5, 5.41) is 3.69. The molecule has 2 heterocycles. The van der Waals surface area contributed by atoms with Gasteiger partial charge in [-0.1, -0.05) is 50.6 Å². The maximum absolute atomic E-state index is 13.1. The molecule has 0 aliphatic carbocycles. The summed E-state index contributed by atoms with van der Waals surface area (Å²) in [7, 11) is 1.57. The number of thioether (sulfide) groups is 1. The fraction of sp³-hybridized carbons (Fsp3) is 0.522. The van der Waals surface area contributed by atoms with Crippen LogP contribution in [-0.4, -0.2) is 48.9 Å². The summed E-state index contributed by atoms with van der Waals surface area (Å²) in [6.45, 7) is 10.9. The Kier molecular flexibility index (Phi) is 7.36. The molecule has 6 heteroatoms. The number of ether oxygens (including phenoxy) is 1. The van der Waals surface area contributed by atoms with E-state index in [1.165, 1.54) is 38.0 Å². The van der Waals surface area contributed by atoms with Gasteiger partial charge >= 0.3 is 0 Å². The monoisotopic (exact) mass is 434 g/mol. The summed E-state index contributed by atoms with van der Waals surface area (Å²) in [5.74, 6) is 0.460. The molecule has 0 unspecified atom stereocenters. The molecule has 0 bridgehead atoms. The number of hydrogen-bond acceptors (Lipinski definition) is 5. The van der Waals surface area contributed by atoms with Crippen molar-refractivity contribution in [2.24, 2.45) is 5.41 Å². The van der Waals surface area contributed by atoms with E-state index in [9.17, 15) is 4.79 Å². The zero-order chi connectivity index (χ0) is 21.0. The third-order valence-corrected chi connectivity index (χ3v) is 6.54. The molecule has 4 nitrogen and oxygen atoms in total. The topological polar surface area (TPSA) is 32.8 Å². The Morgan fingerprint density at radius 1 is 1.21 bits per heavy atom. The SMILES string of the molecule is COc1ccc(Cl)cc1C(=O)/C=C1\SC=C(C(C)(C)C)N1CCN1CCCCC1. The lowest BCUT2D eigenvalue weighted by molar-refractivity contribution is 0.104. The second kappa shape index (κ2) is 9.59. The van der Waals surface area contributed by atoms with Gasteiger partial charge in [-0.15, -0.1) is 0 Å². The lowest BCUT2D eigenvalue weighted by Gasteiger charge is -2.34. The van der Waals surface area contributed by atoms with Gasteiger partial charge in [-0.25, -0.2) is 0 Å². The molecule has 0 amide bonds. The number of halogens is 1. The maximum Gasteiger partial charge on any atom is 0.192 e. The van der Waals surface area contributed by atoms with Gasteiger partial charge in [0.15, 0.2) is 5.78 Å². The van der Waals surface area contributed by atoms with E-state index in [1.807, 2.05) is 0 Å². The number of rotatable bonds is 6. The summed E-state index contributed by atoms with van der Waals surface area (Å²) in [5.41, 5.74) is 1.77. The Hall–Kier alpha value is -1.43. The minimum atomic E-state index is -0.0848. The minimum absolute atomic E-state index is 0.0152. The lowest BCUT2D eigenvalue weighted by atomic mass is 9.92. The van der Waals surface area contributed by atoms with Gasteiger partial charge in [-0.3, -0.25) is 4.79 Å². The number of hydrogen-bond donors (Lipinski definition) is 0. The minimum Gasteiger partial charge on any atom is -0.496 e. The first-order chi connectivity index (χ1) is 13.8. The molecule has 29 heavy (non-hydrogen) atoms. The number of carbonyl (C=O) groups excluding carboxylic acids is 1. The zero-order valence-corrected chi connectivity index (χ0v) is 19.4. The fourth-order valence-electron chi connectivity index (χ4n) is 3.77. The van der Waals surface area contributed by atoms with Crippen LogP contribution in [0.4, 0.5) is 0 Å². The number of ketones is 1. The molecule has 3 rings (SSSR count). The molecule has 1 aromatic carbocycles. The van der Waals surface area contributed by atoms with E-state index in [2.05, 4.69) is 36.0 Å². The highest BCUT2D eigenvalue weighted by Gasteiger charge is 2.31. The molecule has 0 spiro atoms. The van der Waals surface area contributed by atoms with Gasteiger partial charge in [0.1, 0.15) is 5.75 Å². The van der Waals surface area contributed by atoms with Crippen LogP contribution in [0.2, 0.25) is 5.02 Å². The van der Waals surface area contributed by atoms with Gasteiger partial charge in [0.25, 0.3) is 0 Å². The molecule has 0 N–H and O–H groups in total. The highest BCUT2D eigenvalue weighted by atomic mass is 35.5. The second-order valence-electron chi connectivity index (χ2n) is 8.62. The molecular weight excluding hydrogens is 404 g/mol. The van der Waals surface area contributed by atoms with Gasteiger partial charge in [-0.05, 0) is 49.5 Å². The number of piperidine rings is 1. The first kappa shape index (κ1) is 22.3. The molecule has 2 aliphatic rings. The zero-order valence-electron chi connectivity index (χ0n) is 17.8. The Labute approximate surface area is 183 Å². The van der Waals surface area contributed by atoms with Gasteiger partial charge in [0, 0.05) is 35.3 Å². The number of carbonyl (C=O) groups is 1. The molecule has 0 atom stereocenters.